The molecule has 0 radical (unpaired) electrons. The van der Waals surface area contributed by atoms with E-state index in [4.69, 9.17) is 21.1 Å². The highest BCUT2D eigenvalue weighted by atomic mass is 35.5. The number of nitrogens with zero attached hydrogens (tertiary/aromatic N) is 3. The Labute approximate surface area is 121 Å². The van der Waals surface area contributed by atoms with Crippen molar-refractivity contribution in [3.8, 4) is 5.88 Å². The van der Waals surface area contributed by atoms with Gasteiger partial charge < -0.3 is 9.47 Å². The van der Waals surface area contributed by atoms with E-state index >= 15 is 0 Å². The summed E-state index contributed by atoms with van der Waals surface area (Å²) in [4.78, 5) is 18.2. The Morgan fingerprint density at radius 2 is 1.95 bits per heavy atom. The number of nitro groups is 1. The highest BCUT2D eigenvalue weighted by Crippen LogP contribution is 2.32. The van der Waals surface area contributed by atoms with Gasteiger partial charge in [-0.3, -0.25) is 10.1 Å². The van der Waals surface area contributed by atoms with Gasteiger partial charge in [0.15, 0.2) is 0 Å². The first kappa shape index (κ1) is 14.9. The normalized spacial score (nSPS) is 26.3. The van der Waals surface area contributed by atoms with Gasteiger partial charge in [-0.15, -0.1) is 0 Å². The van der Waals surface area contributed by atoms with Crippen molar-refractivity contribution in [2.75, 3.05) is 0 Å². The van der Waals surface area contributed by atoms with Gasteiger partial charge in [0.2, 0.25) is 5.28 Å². The number of halogens is 1. The maximum Gasteiger partial charge on any atom is 0.352 e. The minimum atomic E-state index is -0.548. The van der Waals surface area contributed by atoms with Crippen LogP contribution in [0.5, 0.6) is 5.88 Å². The second-order valence-corrected chi connectivity index (χ2v) is 5.30. The molecule has 2 atom stereocenters. The number of aryl methyl sites for hydroxylation is 1. The number of hydrogen-bond acceptors (Lipinski definition) is 6. The average Bonchev–Trinajstić information content (AvgIpc) is 2.25. The van der Waals surface area contributed by atoms with Crippen LogP contribution in [0.4, 0.5) is 5.69 Å². The first-order valence-electron chi connectivity index (χ1n) is 6.37. The second kappa shape index (κ2) is 5.88. The van der Waals surface area contributed by atoms with Crippen LogP contribution in [-0.4, -0.2) is 33.2 Å². The minimum absolute atomic E-state index is 0.0428. The van der Waals surface area contributed by atoms with Gasteiger partial charge >= 0.3 is 5.69 Å². The van der Waals surface area contributed by atoms with Crippen molar-refractivity contribution in [2.24, 2.45) is 0 Å². The zero-order valence-electron chi connectivity index (χ0n) is 11.5. The minimum Gasteiger partial charge on any atom is -0.469 e. The molecule has 2 unspecified atom stereocenters. The molecule has 110 valence electrons. The van der Waals surface area contributed by atoms with Crippen LogP contribution in [0.15, 0.2) is 0 Å². The summed E-state index contributed by atoms with van der Waals surface area (Å²) >= 11 is 5.75. The molecule has 0 amide bonds. The second-order valence-electron chi connectivity index (χ2n) is 4.96. The van der Waals surface area contributed by atoms with E-state index in [0.29, 0.717) is 12.8 Å². The number of ether oxygens (including phenoxy) is 2. The largest absolute Gasteiger partial charge is 0.469 e. The summed E-state index contributed by atoms with van der Waals surface area (Å²) in [5.41, 5.74) is -0.0423. The Hall–Kier alpha value is -1.47. The van der Waals surface area contributed by atoms with Crippen LogP contribution in [-0.2, 0) is 4.74 Å². The molecule has 2 heterocycles. The van der Waals surface area contributed by atoms with Gasteiger partial charge in [-0.05, 0) is 32.4 Å². The van der Waals surface area contributed by atoms with E-state index in [1.165, 1.54) is 6.92 Å². The molecule has 0 aromatic carbocycles. The van der Waals surface area contributed by atoms with E-state index in [-0.39, 0.29) is 40.9 Å². The molecular formula is C12H16ClN3O4. The summed E-state index contributed by atoms with van der Waals surface area (Å²) in [7, 11) is 0. The first-order valence-corrected chi connectivity index (χ1v) is 6.75. The van der Waals surface area contributed by atoms with Gasteiger partial charge in [0, 0.05) is 12.8 Å². The Balaban J connectivity index is 2.26. The van der Waals surface area contributed by atoms with Crippen molar-refractivity contribution in [1.82, 2.24) is 9.97 Å². The van der Waals surface area contributed by atoms with Crippen molar-refractivity contribution in [2.45, 2.75) is 51.9 Å². The molecule has 0 aliphatic carbocycles. The molecular weight excluding hydrogens is 286 g/mol. The standard InChI is InChI=1S/C12H16ClN3O4/c1-6-4-9(5-7(2)19-6)20-11-10(16(17)18)8(3)14-12(13)15-11/h6-7,9H,4-5H2,1-3H3. The fraction of sp³-hybridized carbons (Fsp3) is 0.667. The fourth-order valence-electron chi connectivity index (χ4n) is 2.40. The summed E-state index contributed by atoms with van der Waals surface area (Å²) in [5, 5.41) is 11.0. The third-order valence-electron chi connectivity index (χ3n) is 3.11. The average molecular weight is 302 g/mol. The van der Waals surface area contributed by atoms with Gasteiger partial charge in [0.05, 0.1) is 17.1 Å². The highest BCUT2D eigenvalue weighted by Gasteiger charge is 2.30. The quantitative estimate of drug-likeness (QED) is 0.484. The van der Waals surface area contributed by atoms with Crippen LogP contribution >= 0.6 is 11.6 Å². The van der Waals surface area contributed by atoms with Crippen LogP contribution in [0, 0.1) is 17.0 Å². The molecule has 1 saturated heterocycles. The zero-order valence-corrected chi connectivity index (χ0v) is 12.3. The smallest absolute Gasteiger partial charge is 0.352 e. The Bertz CT molecular complexity index is 516. The third-order valence-corrected chi connectivity index (χ3v) is 3.28. The summed E-state index contributed by atoms with van der Waals surface area (Å²) < 4.78 is 11.3. The molecule has 1 aromatic heterocycles. The monoisotopic (exact) mass is 301 g/mol. The molecule has 1 aliphatic heterocycles. The molecule has 7 nitrogen and oxygen atoms in total. The summed E-state index contributed by atoms with van der Waals surface area (Å²) in [6.07, 6.45) is 1.21. The Kier molecular flexibility index (Phi) is 4.39. The molecule has 2 rings (SSSR count). The lowest BCUT2D eigenvalue weighted by Crippen LogP contribution is -2.36. The number of aromatic nitrogens is 2. The third kappa shape index (κ3) is 3.34. The van der Waals surface area contributed by atoms with E-state index in [0.717, 1.165) is 0 Å². The van der Waals surface area contributed by atoms with Crippen LogP contribution in [0.25, 0.3) is 0 Å². The van der Waals surface area contributed by atoms with Crippen molar-refractivity contribution in [3.63, 3.8) is 0 Å². The molecule has 8 heteroatoms. The van der Waals surface area contributed by atoms with Crippen LogP contribution in [0.3, 0.4) is 0 Å². The number of rotatable bonds is 3. The zero-order chi connectivity index (χ0) is 14.9. The van der Waals surface area contributed by atoms with E-state index < -0.39 is 4.92 Å². The molecule has 20 heavy (non-hydrogen) atoms. The lowest BCUT2D eigenvalue weighted by Gasteiger charge is -2.31. The van der Waals surface area contributed by atoms with Crippen LogP contribution in [0.2, 0.25) is 5.28 Å². The predicted octanol–water partition coefficient (Wildman–Crippen LogP) is 2.68. The SMILES string of the molecule is Cc1nc(Cl)nc(OC2CC(C)OC(C)C2)c1[N+](=O)[O-]. The molecule has 0 N–H and O–H groups in total. The lowest BCUT2D eigenvalue weighted by molar-refractivity contribution is -0.387. The summed E-state index contributed by atoms with van der Waals surface area (Å²) in [6.45, 7) is 5.39. The van der Waals surface area contributed by atoms with Gasteiger partial charge in [0.25, 0.3) is 5.88 Å². The summed E-state index contributed by atoms with van der Waals surface area (Å²) in [5.74, 6) is -0.0706. The maximum atomic E-state index is 11.1. The van der Waals surface area contributed by atoms with Gasteiger partial charge in [-0.1, -0.05) is 0 Å². The number of hydrogen-bond donors (Lipinski definition) is 0. The van der Waals surface area contributed by atoms with E-state index in [2.05, 4.69) is 9.97 Å². The van der Waals surface area contributed by atoms with E-state index in [1.807, 2.05) is 13.8 Å². The van der Waals surface area contributed by atoms with Crippen LogP contribution in [0.1, 0.15) is 32.4 Å². The van der Waals surface area contributed by atoms with Crippen molar-refractivity contribution in [3.05, 3.63) is 21.1 Å². The van der Waals surface area contributed by atoms with Crippen molar-refractivity contribution < 1.29 is 14.4 Å². The Morgan fingerprint density at radius 3 is 2.50 bits per heavy atom. The van der Waals surface area contributed by atoms with E-state index in [1.54, 1.807) is 0 Å². The first-order chi connectivity index (χ1) is 9.36. The lowest BCUT2D eigenvalue weighted by atomic mass is 10.0. The topological polar surface area (TPSA) is 87.4 Å². The van der Waals surface area contributed by atoms with Crippen molar-refractivity contribution >= 4 is 17.3 Å². The van der Waals surface area contributed by atoms with Crippen molar-refractivity contribution in [1.29, 1.82) is 0 Å². The maximum absolute atomic E-state index is 11.1. The van der Waals surface area contributed by atoms with Gasteiger partial charge in [-0.25, -0.2) is 4.98 Å². The van der Waals surface area contributed by atoms with Gasteiger partial charge in [0.1, 0.15) is 11.8 Å². The fourth-order valence-corrected chi connectivity index (χ4v) is 2.60. The molecule has 1 aromatic rings. The molecule has 1 aliphatic rings. The molecule has 0 spiro atoms. The van der Waals surface area contributed by atoms with Gasteiger partial charge in [-0.2, -0.15) is 4.98 Å². The van der Waals surface area contributed by atoms with E-state index in [9.17, 15) is 10.1 Å². The predicted molar refractivity (Wildman–Crippen MR) is 72.1 cm³/mol. The van der Waals surface area contributed by atoms with Crippen LogP contribution < -0.4 is 4.74 Å². The Morgan fingerprint density at radius 1 is 1.35 bits per heavy atom. The molecule has 0 saturated carbocycles. The highest BCUT2D eigenvalue weighted by molar-refractivity contribution is 6.28. The molecule has 0 bridgehead atoms. The summed E-state index contributed by atoms with van der Waals surface area (Å²) in [6, 6.07) is 0. The molecule has 1 fully saturated rings.